The lowest BCUT2D eigenvalue weighted by atomic mass is 9.75. The molecule has 1 aromatic heterocycles. The third-order valence-corrected chi connectivity index (χ3v) is 4.21. The van der Waals surface area contributed by atoms with E-state index >= 15 is 0 Å². The number of nitrogens with two attached hydrogens (primary N) is 1. The fraction of sp³-hybridized carbons (Fsp3) is 0.375. The van der Waals surface area contributed by atoms with Crippen LogP contribution in [-0.4, -0.2) is 16.4 Å². The van der Waals surface area contributed by atoms with Crippen LogP contribution >= 0.6 is 0 Å². The maximum absolute atomic E-state index is 12.7. The van der Waals surface area contributed by atoms with Crippen LogP contribution in [0.25, 0.3) is 10.9 Å². The number of fused-ring (bicyclic) bond motifs is 1. The summed E-state index contributed by atoms with van der Waals surface area (Å²) < 4.78 is 38.2. The molecule has 0 unspecified atom stereocenters. The smallest absolute Gasteiger partial charge is 0.325 e. The lowest BCUT2D eigenvalue weighted by Gasteiger charge is -2.37. The first-order valence-electron chi connectivity index (χ1n) is 7.32. The van der Waals surface area contributed by atoms with E-state index in [1.165, 1.54) is 12.3 Å². The third-order valence-electron chi connectivity index (χ3n) is 4.21. The van der Waals surface area contributed by atoms with Gasteiger partial charge >= 0.3 is 6.18 Å². The molecular weight excluding hydrogens is 307 g/mol. The predicted octanol–water partition coefficient (Wildman–Crippen LogP) is 3.46. The van der Waals surface area contributed by atoms with E-state index in [1.54, 1.807) is 6.07 Å². The van der Waals surface area contributed by atoms with E-state index in [4.69, 9.17) is 5.73 Å². The number of alkyl halides is 3. The monoisotopic (exact) mass is 323 g/mol. The Kier molecular flexibility index (Phi) is 3.75. The number of benzene rings is 1. The maximum atomic E-state index is 12.7. The molecule has 3 N–H and O–H groups in total. The summed E-state index contributed by atoms with van der Waals surface area (Å²) in [4.78, 5) is 16.0. The molecule has 0 bridgehead atoms. The van der Waals surface area contributed by atoms with Crippen molar-refractivity contribution in [3.63, 3.8) is 0 Å². The SMILES string of the molecule is NC1(CC(=O)Nc2ccnc3cc(C(F)(F)F)ccc23)CCC1. The summed E-state index contributed by atoms with van der Waals surface area (Å²) in [5.41, 5.74) is 5.45. The summed E-state index contributed by atoms with van der Waals surface area (Å²) in [7, 11) is 0. The molecule has 0 saturated heterocycles. The average molecular weight is 323 g/mol. The number of anilines is 1. The van der Waals surface area contributed by atoms with Crippen LogP contribution in [0, 0.1) is 0 Å². The highest BCUT2D eigenvalue weighted by atomic mass is 19.4. The van der Waals surface area contributed by atoms with Gasteiger partial charge in [-0.3, -0.25) is 9.78 Å². The summed E-state index contributed by atoms with van der Waals surface area (Å²) in [5.74, 6) is -0.236. The Bertz CT molecular complexity index is 754. The molecule has 23 heavy (non-hydrogen) atoms. The van der Waals surface area contributed by atoms with E-state index in [2.05, 4.69) is 10.3 Å². The molecule has 0 aliphatic heterocycles. The molecule has 122 valence electrons. The minimum atomic E-state index is -4.43. The Morgan fingerprint density at radius 1 is 1.30 bits per heavy atom. The van der Waals surface area contributed by atoms with Crippen molar-refractivity contribution in [1.29, 1.82) is 0 Å². The topological polar surface area (TPSA) is 68.0 Å². The van der Waals surface area contributed by atoms with Crippen molar-refractivity contribution >= 4 is 22.5 Å². The first kappa shape index (κ1) is 15.7. The Hall–Kier alpha value is -2.15. The Balaban J connectivity index is 1.85. The molecule has 1 amide bonds. The number of nitrogens with one attached hydrogen (secondary N) is 1. The molecule has 0 spiro atoms. The number of halogens is 3. The van der Waals surface area contributed by atoms with Crippen LogP contribution in [-0.2, 0) is 11.0 Å². The zero-order valence-electron chi connectivity index (χ0n) is 12.3. The van der Waals surface area contributed by atoms with Gasteiger partial charge in [-0.1, -0.05) is 6.07 Å². The van der Waals surface area contributed by atoms with Crippen LogP contribution < -0.4 is 11.1 Å². The molecule has 0 atom stereocenters. The van der Waals surface area contributed by atoms with Gasteiger partial charge in [-0.25, -0.2) is 0 Å². The largest absolute Gasteiger partial charge is 0.416 e. The molecule has 4 nitrogen and oxygen atoms in total. The second kappa shape index (κ2) is 5.49. The summed E-state index contributed by atoms with van der Waals surface area (Å²) in [6.45, 7) is 0. The fourth-order valence-electron chi connectivity index (χ4n) is 2.76. The molecule has 3 rings (SSSR count). The standard InChI is InChI=1S/C16H16F3N3O/c17-16(18,19)10-2-3-11-12(4-7-21-13(11)8-10)22-14(23)9-15(20)5-1-6-15/h2-4,7-8H,1,5-6,9,20H2,(H,21,22,23). The van der Waals surface area contributed by atoms with Crippen LogP contribution in [0.5, 0.6) is 0 Å². The zero-order chi connectivity index (χ0) is 16.7. The van der Waals surface area contributed by atoms with Crippen LogP contribution in [0.2, 0.25) is 0 Å². The summed E-state index contributed by atoms with van der Waals surface area (Å²) in [6, 6.07) is 4.84. The second-order valence-electron chi connectivity index (χ2n) is 6.03. The van der Waals surface area contributed by atoms with E-state index in [-0.39, 0.29) is 17.8 Å². The lowest BCUT2D eigenvalue weighted by molar-refractivity contribution is -0.137. The third kappa shape index (κ3) is 3.29. The van der Waals surface area contributed by atoms with Crippen molar-refractivity contribution in [1.82, 2.24) is 4.98 Å². The molecule has 7 heteroatoms. The summed E-state index contributed by atoms with van der Waals surface area (Å²) in [5, 5.41) is 3.19. The number of nitrogens with zero attached hydrogens (tertiary/aromatic N) is 1. The fourth-order valence-corrected chi connectivity index (χ4v) is 2.76. The second-order valence-corrected chi connectivity index (χ2v) is 6.03. The summed E-state index contributed by atoms with van der Waals surface area (Å²) in [6.07, 6.45) is -0.205. The number of hydrogen-bond donors (Lipinski definition) is 2. The van der Waals surface area contributed by atoms with Gasteiger partial charge in [-0.2, -0.15) is 13.2 Å². The number of aromatic nitrogens is 1. The number of rotatable bonds is 3. The number of carbonyl (C=O) groups excluding carboxylic acids is 1. The van der Waals surface area contributed by atoms with Crippen LogP contribution in [0.15, 0.2) is 30.5 Å². The highest BCUT2D eigenvalue weighted by Crippen LogP contribution is 2.34. The van der Waals surface area contributed by atoms with Crippen molar-refractivity contribution in [2.24, 2.45) is 5.73 Å². The van der Waals surface area contributed by atoms with Gasteiger partial charge in [0.1, 0.15) is 0 Å². The Morgan fingerprint density at radius 3 is 2.65 bits per heavy atom. The Morgan fingerprint density at radius 2 is 2.04 bits per heavy atom. The minimum Gasteiger partial charge on any atom is -0.325 e. The molecule has 1 aliphatic rings. The van der Waals surface area contributed by atoms with E-state index in [0.717, 1.165) is 31.4 Å². The van der Waals surface area contributed by atoms with Gasteiger partial charge < -0.3 is 11.1 Å². The van der Waals surface area contributed by atoms with Crippen molar-refractivity contribution in [3.8, 4) is 0 Å². The molecule has 1 saturated carbocycles. The van der Waals surface area contributed by atoms with Crippen LogP contribution in [0.1, 0.15) is 31.2 Å². The highest BCUT2D eigenvalue weighted by Gasteiger charge is 2.35. The molecular formula is C16H16F3N3O. The average Bonchev–Trinajstić information content (AvgIpc) is 2.44. The van der Waals surface area contributed by atoms with Gasteiger partial charge in [0.05, 0.1) is 16.8 Å². The van der Waals surface area contributed by atoms with E-state index < -0.39 is 17.3 Å². The molecule has 1 fully saturated rings. The van der Waals surface area contributed by atoms with Gasteiger partial charge in [0.25, 0.3) is 0 Å². The van der Waals surface area contributed by atoms with Gasteiger partial charge in [0.2, 0.25) is 5.91 Å². The molecule has 1 aromatic carbocycles. The number of amides is 1. The van der Waals surface area contributed by atoms with Gasteiger partial charge in [0.15, 0.2) is 0 Å². The van der Waals surface area contributed by atoms with Crippen molar-refractivity contribution in [3.05, 3.63) is 36.0 Å². The predicted molar refractivity (Wildman–Crippen MR) is 80.8 cm³/mol. The van der Waals surface area contributed by atoms with Crippen molar-refractivity contribution < 1.29 is 18.0 Å². The molecule has 2 aromatic rings. The summed E-state index contributed by atoms with van der Waals surface area (Å²) >= 11 is 0. The number of hydrogen-bond acceptors (Lipinski definition) is 3. The quantitative estimate of drug-likeness (QED) is 0.909. The molecule has 0 radical (unpaired) electrons. The minimum absolute atomic E-state index is 0.184. The molecule has 1 heterocycles. The Labute approximate surface area is 130 Å². The van der Waals surface area contributed by atoms with Gasteiger partial charge in [0, 0.05) is 23.5 Å². The maximum Gasteiger partial charge on any atom is 0.416 e. The first-order valence-corrected chi connectivity index (χ1v) is 7.32. The highest BCUT2D eigenvalue weighted by molar-refractivity contribution is 6.01. The lowest BCUT2D eigenvalue weighted by Crippen LogP contribution is -2.48. The van der Waals surface area contributed by atoms with Gasteiger partial charge in [-0.15, -0.1) is 0 Å². The number of pyridine rings is 1. The van der Waals surface area contributed by atoms with Crippen LogP contribution in [0.3, 0.4) is 0 Å². The zero-order valence-corrected chi connectivity index (χ0v) is 12.3. The number of carbonyl (C=O) groups is 1. The first-order chi connectivity index (χ1) is 10.8. The van der Waals surface area contributed by atoms with Crippen LogP contribution in [0.4, 0.5) is 18.9 Å². The van der Waals surface area contributed by atoms with E-state index in [0.29, 0.717) is 11.1 Å². The van der Waals surface area contributed by atoms with E-state index in [1.807, 2.05) is 0 Å². The van der Waals surface area contributed by atoms with Crippen molar-refractivity contribution in [2.75, 3.05) is 5.32 Å². The normalized spacial score (nSPS) is 16.9. The molecule has 1 aliphatic carbocycles. The van der Waals surface area contributed by atoms with Crippen molar-refractivity contribution in [2.45, 2.75) is 37.4 Å². The van der Waals surface area contributed by atoms with Gasteiger partial charge in [-0.05, 0) is 37.5 Å². The van der Waals surface area contributed by atoms with E-state index in [9.17, 15) is 18.0 Å².